The Kier molecular flexibility index (Phi) is 2.25. The van der Waals surface area contributed by atoms with Gasteiger partial charge in [-0.15, -0.1) is 0 Å². The highest BCUT2D eigenvalue weighted by Gasteiger charge is 2.19. The first kappa shape index (κ1) is 7.52. The van der Waals surface area contributed by atoms with Crippen molar-refractivity contribution < 1.29 is 4.79 Å². The van der Waals surface area contributed by atoms with Crippen molar-refractivity contribution in [3.05, 3.63) is 12.2 Å². The van der Waals surface area contributed by atoms with Gasteiger partial charge in [-0.05, 0) is 18.3 Å². The van der Waals surface area contributed by atoms with Gasteiger partial charge in [0.1, 0.15) is 6.29 Å². The van der Waals surface area contributed by atoms with Gasteiger partial charge in [0.25, 0.3) is 0 Å². The molecule has 0 aromatic rings. The SMILES string of the molecule is C[C@@H]1C=C[C@H](C)[C@H](C=O)C1. The monoisotopic (exact) mass is 138 g/mol. The summed E-state index contributed by atoms with van der Waals surface area (Å²) in [6.07, 6.45) is 6.46. The molecule has 1 rings (SSSR count). The Bertz CT molecular complexity index is 149. The highest BCUT2D eigenvalue weighted by molar-refractivity contribution is 5.55. The molecule has 56 valence electrons. The normalized spacial score (nSPS) is 39.6. The van der Waals surface area contributed by atoms with Crippen molar-refractivity contribution in [1.82, 2.24) is 0 Å². The molecule has 0 amide bonds. The molecule has 0 aromatic carbocycles. The standard InChI is InChI=1S/C9H14O/c1-7-3-4-8(2)9(5-7)6-10/h3-4,6-9H,5H2,1-2H3/t7-,8+,9+/m1/s1. The van der Waals surface area contributed by atoms with Crippen LogP contribution in [0.15, 0.2) is 12.2 Å². The van der Waals surface area contributed by atoms with Crippen LogP contribution in [0.4, 0.5) is 0 Å². The zero-order valence-electron chi connectivity index (χ0n) is 6.58. The second-order valence-electron chi connectivity index (χ2n) is 3.26. The van der Waals surface area contributed by atoms with Crippen LogP contribution >= 0.6 is 0 Å². The summed E-state index contributed by atoms with van der Waals surface area (Å²) in [7, 11) is 0. The van der Waals surface area contributed by atoms with Gasteiger partial charge in [-0.3, -0.25) is 0 Å². The highest BCUT2D eigenvalue weighted by atomic mass is 16.1. The summed E-state index contributed by atoms with van der Waals surface area (Å²) in [5, 5.41) is 0. The Morgan fingerprint density at radius 3 is 2.60 bits per heavy atom. The fourth-order valence-corrected chi connectivity index (χ4v) is 1.41. The van der Waals surface area contributed by atoms with Crippen molar-refractivity contribution in [2.45, 2.75) is 20.3 Å². The molecule has 0 radical (unpaired) electrons. The van der Waals surface area contributed by atoms with Gasteiger partial charge in [0.2, 0.25) is 0 Å². The van der Waals surface area contributed by atoms with Crippen LogP contribution in [0.3, 0.4) is 0 Å². The summed E-state index contributed by atoms with van der Waals surface area (Å²) in [5.41, 5.74) is 0. The van der Waals surface area contributed by atoms with E-state index in [1.807, 2.05) is 0 Å². The van der Waals surface area contributed by atoms with Crippen molar-refractivity contribution in [3.8, 4) is 0 Å². The van der Waals surface area contributed by atoms with Gasteiger partial charge in [-0.1, -0.05) is 26.0 Å². The first-order valence-corrected chi connectivity index (χ1v) is 3.87. The predicted octanol–water partition coefficient (Wildman–Crippen LogP) is 2.03. The van der Waals surface area contributed by atoms with Gasteiger partial charge in [-0.25, -0.2) is 0 Å². The summed E-state index contributed by atoms with van der Waals surface area (Å²) in [6, 6.07) is 0. The Hall–Kier alpha value is -0.590. The quantitative estimate of drug-likeness (QED) is 0.400. The molecule has 3 atom stereocenters. The van der Waals surface area contributed by atoms with E-state index in [4.69, 9.17) is 0 Å². The fourth-order valence-electron chi connectivity index (χ4n) is 1.41. The molecule has 0 aliphatic heterocycles. The van der Waals surface area contributed by atoms with Gasteiger partial charge in [0, 0.05) is 5.92 Å². The van der Waals surface area contributed by atoms with Crippen LogP contribution in [0, 0.1) is 17.8 Å². The lowest BCUT2D eigenvalue weighted by atomic mass is 9.82. The number of aldehydes is 1. The van der Waals surface area contributed by atoms with E-state index in [1.165, 1.54) is 0 Å². The molecule has 1 aliphatic carbocycles. The van der Waals surface area contributed by atoms with Crippen LogP contribution in [0.25, 0.3) is 0 Å². The van der Waals surface area contributed by atoms with Crippen molar-refractivity contribution in [1.29, 1.82) is 0 Å². The Balaban J connectivity index is 2.61. The molecule has 1 nitrogen and oxygen atoms in total. The lowest BCUT2D eigenvalue weighted by Crippen LogP contribution is -2.18. The molecule has 10 heavy (non-hydrogen) atoms. The maximum Gasteiger partial charge on any atom is 0.123 e. The molecular weight excluding hydrogens is 124 g/mol. The van der Waals surface area contributed by atoms with Gasteiger partial charge in [0.15, 0.2) is 0 Å². The molecule has 0 fully saturated rings. The molecule has 1 heteroatoms. The van der Waals surface area contributed by atoms with Gasteiger partial charge in [0.05, 0.1) is 0 Å². The zero-order chi connectivity index (χ0) is 7.56. The molecule has 0 N–H and O–H groups in total. The average Bonchev–Trinajstić information content (AvgIpc) is 1.94. The summed E-state index contributed by atoms with van der Waals surface area (Å²) in [4.78, 5) is 10.5. The van der Waals surface area contributed by atoms with Crippen LogP contribution in [0.1, 0.15) is 20.3 Å². The Morgan fingerprint density at radius 1 is 1.40 bits per heavy atom. The molecule has 0 saturated carbocycles. The van der Waals surface area contributed by atoms with Crippen LogP contribution in [0.5, 0.6) is 0 Å². The summed E-state index contributed by atoms with van der Waals surface area (Å²) >= 11 is 0. The second-order valence-corrected chi connectivity index (χ2v) is 3.26. The lowest BCUT2D eigenvalue weighted by molar-refractivity contribution is -0.112. The number of allylic oxidation sites excluding steroid dienone is 2. The Morgan fingerprint density at radius 2 is 2.10 bits per heavy atom. The van der Waals surface area contributed by atoms with E-state index < -0.39 is 0 Å². The number of hydrogen-bond donors (Lipinski definition) is 0. The van der Waals surface area contributed by atoms with Crippen molar-refractivity contribution in [2.75, 3.05) is 0 Å². The number of carbonyl (C=O) groups is 1. The number of rotatable bonds is 1. The molecule has 1 aliphatic rings. The summed E-state index contributed by atoms with van der Waals surface area (Å²) < 4.78 is 0. The van der Waals surface area contributed by atoms with Crippen molar-refractivity contribution in [3.63, 3.8) is 0 Å². The fraction of sp³-hybridized carbons (Fsp3) is 0.667. The molecule has 0 unspecified atom stereocenters. The average molecular weight is 138 g/mol. The van der Waals surface area contributed by atoms with Gasteiger partial charge < -0.3 is 4.79 Å². The van der Waals surface area contributed by atoms with Crippen molar-refractivity contribution >= 4 is 6.29 Å². The van der Waals surface area contributed by atoms with E-state index in [0.717, 1.165) is 12.7 Å². The number of carbonyl (C=O) groups excluding carboxylic acids is 1. The van der Waals surface area contributed by atoms with Gasteiger partial charge in [-0.2, -0.15) is 0 Å². The van der Waals surface area contributed by atoms with Crippen LogP contribution in [0.2, 0.25) is 0 Å². The highest BCUT2D eigenvalue weighted by Crippen LogP contribution is 2.25. The van der Waals surface area contributed by atoms with Crippen LogP contribution < -0.4 is 0 Å². The molecular formula is C9H14O. The largest absolute Gasteiger partial charge is 0.303 e. The minimum atomic E-state index is 0.264. The molecule has 0 saturated heterocycles. The predicted molar refractivity (Wildman–Crippen MR) is 41.6 cm³/mol. The minimum absolute atomic E-state index is 0.264. The smallest absolute Gasteiger partial charge is 0.123 e. The van der Waals surface area contributed by atoms with Crippen LogP contribution in [-0.4, -0.2) is 6.29 Å². The van der Waals surface area contributed by atoms with Crippen LogP contribution in [-0.2, 0) is 4.79 Å². The lowest BCUT2D eigenvalue weighted by Gasteiger charge is -2.22. The topological polar surface area (TPSA) is 17.1 Å². The maximum atomic E-state index is 10.5. The van der Waals surface area contributed by atoms with Crippen molar-refractivity contribution in [2.24, 2.45) is 17.8 Å². The summed E-state index contributed by atoms with van der Waals surface area (Å²) in [5.74, 6) is 1.31. The molecule has 0 heterocycles. The summed E-state index contributed by atoms with van der Waals surface area (Å²) in [6.45, 7) is 4.25. The first-order valence-electron chi connectivity index (χ1n) is 3.87. The third-order valence-corrected chi connectivity index (χ3v) is 2.24. The van der Waals surface area contributed by atoms with E-state index >= 15 is 0 Å². The second kappa shape index (κ2) is 3.00. The molecule has 0 bridgehead atoms. The van der Waals surface area contributed by atoms with E-state index in [-0.39, 0.29) is 5.92 Å². The third kappa shape index (κ3) is 1.47. The van der Waals surface area contributed by atoms with E-state index in [2.05, 4.69) is 26.0 Å². The zero-order valence-corrected chi connectivity index (χ0v) is 6.58. The first-order chi connectivity index (χ1) is 4.74. The van der Waals surface area contributed by atoms with Gasteiger partial charge >= 0.3 is 0 Å². The van der Waals surface area contributed by atoms with E-state index in [9.17, 15) is 4.79 Å². The Labute approximate surface area is 62.1 Å². The van der Waals surface area contributed by atoms with E-state index in [0.29, 0.717) is 11.8 Å². The molecule has 0 spiro atoms. The molecule has 0 aromatic heterocycles. The third-order valence-electron chi connectivity index (χ3n) is 2.24. The minimum Gasteiger partial charge on any atom is -0.303 e. The maximum absolute atomic E-state index is 10.5. The van der Waals surface area contributed by atoms with E-state index in [1.54, 1.807) is 0 Å². The number of hydrogen-bond acceptors (Lipinski definition) is 1.